The normalized spacial score (nSPS) is 18.0. The van der Waals surface area contributed by atoms with Crippen molar-refractivity contribution in [1.82, 2.24) is 9.76 Å². The number of nitrogens with one attached hydrogen (secondary N) is 2. The topological polar surface area (TPSA) is 131 Å². The quantitative estimate of drug-likeness (QED) is 0.234. The minimum atomic E-state index is -3.35. The molecule has 1 aliphatic rings. The van der Waals surface area contributed by atoms with E-state index in [9.17, 15) is 24.7 Å². The van der Waals surface area contributed by atoms with Gasteiger partial charge in [-0.3, -0.25) is 4.79 Å². The summed E-state index contributed by atoms with van der Waals surface area (Å²) in [6.45, 7) is 0.918. The smallest absolute Gasteiger partial charge is 0.393 e. The predicted octanol–water partition coefficient (Wildman–Crippen LogP) is 3.43. The maximum Gasteiger partial charge on any atom is 0.393 e. The highest BCUT2D eigenvalue weighted by molar-refractivity contribution is 7.54. The molecule has 1 heterocycles. The number of halogens is 2. The fourth-order valence-corrected chi connectivity index (χ4v) is 5.47. The molecule has 3 rings (SSSR count). The third-order valence-electron chi connectivity index (χ3n) is 4.40. The van der Waals surface area contributed by atoms with Gasteiger partial charge in [0, 0.05) is 48.2 Å². The number of hydrogen-bond donors (Lipinski definition) is 5. The number of hydrogen-bond acceptors (Lipinski definition) is 6. The minimum absolute atomic E-state index is 0.0443. The van der Waals surface area contributed by atoms with E-state index in [1.165, 1.54) is 0 Å². The van der Waals surface area contributed by atoms with Crippen molar-refractivity contribution < 1.29 is 29.2 Å². The summed E-state index contributed by atoms with van der Waals surface area (Å²) in [5, 5.41) is 34.0. The van der Waals surface area contributed by atoms with E-state index in [1.807, 2.05) is 0 Å². The van der Waals surface area contributed by atoms with Crippen LogP contribution in [0, 0.1) is 0 Å². The lowest BCUT2D eigenvalue weighted by Gasteiger charge is -2.34. The first-order chi connectivity index (χ1) is 14.3. The zero-order chi connectivity index (χ0) is 21.9. The van der Waals surface area contributed by atoms with Crippen LogP contribution in [-0.2, 0) is 11.1 Å². The van der Waals surface area contributed by atoms with Crippen LogP contribution in [0.4, 0.5) is 5.69 Å². The second-order valence-corrected chi connectivity index (χ2v) is 9.28. The highest BCUT2D eigenvalue weighted by Gasteiger charge is 2.36. The molecule has 0 bridgehead atoms. The number of anilines is 1. The third-order valence-corrected chi connectivity index (χ3v) is 6.88. The Kier molecular flexibility index (Phi) is 7.00. The van der Waals surface area contributed by atoms with Gasteiger partial charge in [0.25, 0.3) is 5.91 Å². The fourth-order valence-electron chi connectivity index (χ4n) is 2.90. The van der Waals surface area contributed by atoms with Crippen LogP contribution in [0.3, 0.4) is 0 Å². The minimum Gasteiger partial charge on any atom is -0.504 e. The number of aromatic hydroxyl groups is 3. The summed E-state index contributed by atoms with van der Waals surface area (Å²) in [4.78, 5) is 12.4. The molecule has 2 aromatic rings. The van der Waals surface area contributed by atoms with Gasteiger partial charge in [-0.25, -0.2) is 14.3 Å². The van der Waals surface area contributed by atoms with Crippen molar-refractivity contribution in [2.45, 2.75) is 6.54 Å². The molecule has 5 N–H and O–H groups in total. The lowest BCUT2D eigenvalue weighted by Crippen LogP contribution is -2.35. The van der Waals surface area contributed by atoms with Crippen molar-refractivity contribution in [2.24, 2.45) is 0 Å². The van der Waals surface area contributed by atoms with Crippen LogP contribution in [0.2, 0.25) is 0 Å². The largest absolute Gasteiger partial charge is 0.504 e. The number of carbonyl (C=O) groups is 1. The van der Waals surface area contributed by atoms with Crippen molar-refractivity contribution in [3.63, 3.8) is 0 Å². The molecular formula is C18H20Cl2N3O6P. The summed E-state index contributed by atoms with van der Waals surface area (Å²) in [5.41, 5.74) is 1.05. The summed E-state index contributed by atoms with van der Waals surface area (Å²) < 4.78 is 20.5. The van der Waals surface area contributed by atoms with E-state index in [0.717, 1.165) is 12.1 Å². The molecule has 0 aromatic heterocycles. The molecule has 0 fully saturated rings. The van der Waals surface area contributed by atoms with Gasteiger partial charge in [0.05, 0.1) is 0 Å². The molecule has 9 nitrogen and oxygen atoms in total. The van der Waals surface area contributed by atoms with Crippen LogP contribution in [-0.4, -0.2) is 50.7 Å². The average molecular weight is 476 g/mol. The van der Waals surface area contributed by atoms with Gasteiger partial charge in [0.15, 0.2) is 17.2 Å². The second-order valence-electron chi connectivity index (χ2n) is 6.42. The van der Waals surface area contributed by atoms with Crippen LogP contribution in [0.1, 0.15) is 15.9 Å². The SMILES string of the molecule is O=C(Nc1ccc2c(c1)CNP(=O)(N(CCCl)CCCl)O2)c1cc(O)c(O)c(O)c1. The highest BCUT2D eigenvalue weighted by atomic mass is 35.5. The summed E-state index contributed by atoms with van der Waals surface area (Å²) >= 11 is 11.6. The number of fused-ring (bicyclic) bond motifs is 1. The lowest BCUT2D eigenvalue weighted by atomic mass is 10.1. The van der Waals surface area contributed by atoms with Gasteiger partial charge in [0.1, 0.15) is 5.75 Å². The van der Waals surface area contributed by atoms with Gasteiger partial charge in [0.2, 0.25) is 0 Å². The molecule has 1 atom stereocenters. The summed E-state index contributed by atoms with van der Waals surface area (Å²) in [6, 6.07) is 6.87. The Morgan fingerprint density at radius 2 is 1.77 bits per heavy atom. The maximum absolute atomic E-state index is 13.2. The number of phenolic OH excluding ortho intramolecular Hbond substituents is 3. The van der Waals surface area contributed by atoms with E-state index >= 15 is 0 Å². The molecule has 0 saturated carbocycles. The van der Waals surface area contributed by atoms with Gasteiger partial charge in [-0.15, -0.1) is 23.2 Å². The Labute approximate surface area is 182 Å². The van der Waals surface area contributed by atoms with Gasteiger partial charge >= 0.3 is 7.67 Å². The summed E-state index contributed by atoms with van der Waals surface area (Å²) in [6.07, 6.45) is 0. The second kappa shape index (κ2) is 9.32. The van der Waals surface area contributed by atoms with E-state index in [2.05, 4.69) is 10.4 Å². The average Bonchev–Trinajstić information content (AvgIpc) is 2.71. The molecule has 0 saturated heterocycles. The Balaban J connectivity index is 1.76. The first-order valence-electron chi connectivity index (χ1n) is 8.88. The van der Waals surface area contributed by atoms with Crippen LogP contribution in [0.5, 0.6) is 23.0 Å². The number of alkyl halides is 2. The van der Waals surface area contributed by atoms with Crippen LogP contribution in [0.15, 0.2) is 30.3 Å². The van der Waals surface area contributed by atoms with Crippen molar-refractivity contribution in [3.05, 3.63) is 41.5 Å². The third kappa shape index (κ3) is 4.77. The van der Waals surface area contributed by atoms with Crippen molar-refractivity contribution in [2.75, 3.05) is 30.2 Å². The van der Waals surface area contributed by atoms with Gasteiger partial charge < -0.3 is 25.2 Å². The van der Waals surface area contributed by atoms with Crippen molar-refractivity contribution >= 4 is 42.5 Å². The zero-order valence-corrected chi connectivity index (χ0v) is 18.0. The Bertz CT molecular complexity index is 977. The van der Waals surface area contributed by atoms with E-state index in [0.29, 0.717) is 30.1 Å². The molecule has 1 unspecified atom stereocenters. The maximum atomic E-state index is 13.2. The molecule has 0 aliphatic carbocycles. The highest BCUT2D eigenvalue weighted by Crippen LogP contribution is 2.51. The first-order valence-corrected chi connectivity index (χ1v) is 11.5. The molecule has 162 valence electrons. The Hall–Kier alpha value is -2.16. The number of nitrogens with zero attached hydrogens (tertiary/aromatic N) is 1. The van der Waals surface area contributed by atoms with E-state index in [-0.39, 0.29) is 23.9 Å². The molecular weight excluding hydrogens is 456 g/mol. The predicted molar refractivity (Wildman–Crippen MR) is 114 cm³/mol. The lowest BCUT2D eigenvalue weighted by molar-refractivity contribution is 0.102. The number of benzene rings is 2. The van der Waals surface area contributed by atoms with Crippen molar-refractivity contribution in [3.8, 4) is 23.0 Å². The van der Waals surface area contributed by atoms with Crippen LogP contribution >= 0.6 is 30.9 Å². The molecule has 0 radical (unpaired) electrons. The zero-order valence-electron chi connectivity index (χ0n) is 15.6. The standard InChI is InChI=1S/C18H20Cl2N3O6P/c19-3-5-23(6-4-20)30(28)21-10-12-7-13(1-2-16(12)29-30)22-18(27)11-8-14(24)17(26)15(25)9-11/h1-2,7-9,24-26H,3-6,10H2,(H,21,28)(H,22,27). The fraction of sp³-hybridized carbons (Fsp3) is 0.278. The number of amides is 1. The number of phenols is 3. The van der Waals surface area contributed by atoms with Gasteiger partial charge in [-0.2, -0.15) is 0 Å². The summed E-state index contributed by atoms with van der Waals surface area (Å²) in [5.74, 6) is -1.59. The van der Waals surface area contributed by atoms with Gasteiger partial charge in [-0.05, 0) is 30.3 Å². The van der Waals surface area contributed by atoms with Gasteiger partial charge in [-0.1, -0.05) is 0 Å². The van der Waals surface area contributed by atoms with E-state index in [4.69, 9.17) is 27.7 Å². The monoisotopic (exact) mass is 475 g/mol. The molecule has 12 heteroatoms. The van der Waals surface area contributed by atoms with Crippen LogP contribution < -0.4 is 14.9 Å². The molecule has 2 aromatic carbocycles. The first kappa shape index (κ1) is 22.5. The number of carbonyl (C=O) groups excluding carboxylic acids is 1. The molecule has 1 aliphatic heterocycles. The molecule has 0 spiro atoms. The number of rotatable bonds is 7. The molecule has 30 heavy (non-hydrogen) atoms. The van der Waals surface area contributed by atoms with Crippen molar-refractivity contribution in [1.29, 1.82) is 0 Å². The Morgan fingerprint density at radius 3 is 2.37 bits per heavy atom. The van der Waals surface area contributed by atoms with E-state index < -0.39 is 30.8 Å². The Morgan fingerprint density at radius 1 is 1.13 bits per heavy atom. The molecule has 1 amide bonds. The van der Waals surface area contributed by atoms with E-state index in [1.54, 1.807) is 22.9 Å². The van der Waals surface area contributed by atoms with Crippen LogP contribution in [0.25, 0.3) is 0 Å². The summed E-state index contributed by atoms with van der Waals surface area (Å²) in [7, 11) is -3.35.